The smallest absolute Gasteiger partial charge is 0.227 e. The van der Waals surface area contributed by atoms with Gasteiger partial charge in [0.2, 0.25) is 5.91 Å². The highest BCUT2D eigenvalue weighted by molar-refractivity contribution is 6.03. The first kappa shape index (κ1) is 37.1. The van der Waals surface area contributed by atoms with Crippen molar-refractivity contribution in [1.29, 1.82) is 0 Å². The molecule has 0 saturated carbocycles. The number of ketones is 1. The van der Waals surface area contributed by atoms with Gasteiger partial charge in [0, 0.05) is 63.6 Å². The predicted octanol–water partition coefficient (Wildman–Crippen LogP) is 6.50. The summed E-state index contributed by atoms with van der Waals surface area (Å²) < 4.78 is 0. The van der Waals surface area contributed by atoms with Gasteiger partial charge in [-0.15, -0.1) is 0 Å². The molecule has 2 aromatic carbocycles. The summed E-state index contributed by atoms with van der Waals surface area (Å²) in [6, 6.07) is 16.8. The van der Waals surface area contributed by atoms with Gasteiger partial charge in [-0.05, 0) is 68.2 Å². The number of amides is 1. The van der Waals surface area contributed by atoms with Gasteiger partial charge in [-0.1, -0.05) is 95.9 Å². The number of anilines is 1. The van der Waals surface area contributed by atoms with Crippen molar-refractivity contribution in [3.63, 3.8) is 0 Å². The maximum absolute atomic E-state index is 14.6. The molecule has 2 heterocycles. The highest BCUT2D eigenvalue weighted by Crippen LogP contribution is 2.30. The maximum atomic E-state index is 14.6. The minimum atomic E-state index is -0.631. The Morgan fingerprint density at radius 3 is 1.81 bits per heavy atom. The highest BCUT2D eigenvalue weighted by atomic mass is 16.2. The monoisotopic (exact) mass is 645 g/mol. The number of rotatable bonds is 20. The molecule has 2 N–H and O–H groups in total. The first-order chi connectivity index (χ1) is 23.0. The van der Waals surface area contributed by atoms with Crippen molar-refractivity contribution < 1.29 is 9.59 Å². The summed E-state index contributed by atoms with van der Waals surface area (Å²) in [5.74, 6) is 0.400. The first-order valence-electron chi connectivity index (χ1n) is 18.8. The van der Waals surface area contributed by atoms with E-state index in [0.29, 0.717) is 12.8 Å². The second-order valence-electron chi connectivity index (χ2n) is 13.9. The van der Waals surface area contributed by atoms with E-state index >= 15 is 0 Å². The van der Waals surface area contributed by atoms with Gasteiger partial charge in [-0.2, -0.15) is 0 Å². The Bertz CT molecular complexity index is 1190. The van der Waals surface area contributed by atoms with E-state index in [2.05, 4.69) is 77.7 Å². The number of piperazine rings is 2. The van der Waals surface area contributed by atoms with Crippen LogP contribution < -0.4 is 15.5 Å². The number of Topliss-reactive ketones (excluding diaryl/α,β-unsaturated/α-hetero) is 1. The SMILES string of the molecule is CCCCCCCCCCCCN(C)C(CC)(Cc1ccc(CC(=O)N2CCNCC2)cc1)C(=O)c1ccc(N2CCNCC2)cc1. The Hall–Kier alpha value is -2.74. The minimum Gasteiger partial charge on any atom is -0.369 e. The van der Waals surface area contributed by atoms with Crippen LogP contribution in [0.1, 0.15) is 106 Å². The third kappa shape index (κ3) is 11.2. The van der Waals surface area contributed by atoms with Crippen LogP contribution in [-0.2, 0) is 17.6 Å². The Kier molecular flexibility index (Phi) is 15.7. The van der Waals surface area contributed by atoms with E-state index in [-0.39, 0.29) is 11.7 Å². The molecule has 2 aliphatic heterocycles. The molecule has 7 nitrogen and oxygen atoms in total. The van der Waals surface area contributed by atoms with Gasteiger partial charge >= 0.3 is 0 Å². The molecule has 2 saturated heterocycles. The van der Waals surface area contributed by atoms with Crippen molar-refractivity contribution in [2.75, 3.05) is 70.9 Å². The number of likely N-dealkylation sites (N-methyl/N-ethyl adjacent to an activating group) is 1. The van der Waals surface area contributed by atoms with Gasteiger partial charge in [0.15, 0.2) is 5.78 Å². The molecular formula is C40H63N5O2. The zero-order chi connectivity index (χ0) is 33.3. The second kappa shape index (κ2) is 19.9. The fourth-order valence-electron chi connectivity index (χ4n) is 7.32. The van der Waals surface area contributed by atoms with Gasteiger partial charge in [0.1, 0.15) is 0 Å². The van der Waals surface area contributed by atoms with Gasteiger partial charge < -0.3 is 20.4 Å². The van der Waals surface area contributed by atoms with Crippen molar-refractivity contribution >= 4 is 17.4 Å². The van der Waals surface area contributed by atoms with E-state index in [1.54, 1.807) is 0 Å². The third-order valence-electron chi connectivity index (χ3n) is 10.5. The molecule has 0 radical (unpaired) electrons. The van der Waals surface area contributed by atoms with Crippen LogP contribution in [-0.4, -0.2) is 93.0 Å². The van der Waals surface area contributed by atoms with Crippen LogP contribution in [0.3, 0.4) is 0 Å². The van der Waals surface area contributed by atoms with Crippen LogP contribution in [0.5, 0.6) is 0 Å². The molecule has 47 heavy (non-hydrogen) atoms. The van der Waals surface area contributed by atoms with E-state index < -0.39 is 5.54 Å². The molecule has 0 spiro atoms. The van der Waals surface area contributed by atoms with E-state index in [4.69, 9.17) is 0 Å². The molecule has 2 aromatic rings. The number of nitrogens with one attached hydrogen (secondary N) is 2. The van der Waals surface area contributed by atoms with Gasteiger partial charge in [-0.25, -0.2) is 0 Å². The van der Waals surface area contributed by atoms with Crippen LogP contribution in [0, 0.1) is 0 Å². The lowest BCUT2D eigenvalue weighted by molar-refractivity contribution is -0.131. The van der Waals surface area contributed by atoms with Gasteiger partial charge in [0.25, 0.3) is 0 Å². The number of hydrogen-bond acceptors (Lipinski definition) is 6. The lowest BCUT2D eigenvalue weighted by atomic mass is 9.79. The van der Waals surface area contributed by atoms with Crippen LogP contribution in [0.15, 0.2) is 48.5 Å². The predicted molar refractivity (Wildman–Crippen MR) is 197 cm³/mol. The molecule has 2 fully saturated rings. The summed E-state index contributed by atoms with van der Waals surface area (Å²) in [5.41, 5.74) is 3.53. The van der Waals surface area contributed by atoms with Gasteiger partial charge in [-0.3, -0.25) is 14.5 Å². The Morgan fingerprint density at radius 2 is 1.23 bits per heavy atom. The summed E-state index contributed by atoms with van der Waals surface area (Å²) in [6.45, 7) is 12.6. The molecular weight excluding hydrogens is 582 g/mol. The molecule has 4 rings (SSSR count). The molecule has 1 atom stereocenters. The summed E-state index contributed by atoms with van der Waals surface area (Å²) in [5, 5.41) is 6.74. The summed E-state index contributed by atoms with van der Waals surface area (Å²) >= 11 is 0. The topological polar surface area (TPSA) is 67.9 Å². The number of carbonyl (C=O) groups excluding carboxylic acids is 2. The van der Waals surface area contributed by atoms with Crippen LogP contribution in [0.2, 0.25) is 0 Å². The molecule has 0 aromatic heterocycles. The van der Waals surface area contributed by atoms with Crippen molar-refractivity contribution in [1.82, 2.24) is 20.4 Å². The molecule has 7 heteroatoms. The second-order valence-corrected chi connectivity index (χ2v) is 13.9. The Labute approximate surface area is 285 Å². The molecule has 260 valence electrons. The number of nitrogens with zero attached hydrogens (tertiary/aromatic N) is 3. The Morgan fingerprint density at radius 1 is 0.702 bits per heavy atom. The lowest BCUT2D eigenvalue weighted by Gasteiger charge is -2.41. The van der Waals surface area contributed by atoms with E-state index in [0.717, 1.165) is 88.4 Å². The summed E-state index contributed by atoms with van der Waals surface area (Å²) in [6.07, 6.45) is 14.9. The van der Waals surface area contributed by atoms with Crippen molar-refractivity contribution in [3.05, 3.63) is 65.2 Å². The van der Waals surface area contributed by atoms with Gasteiger partial charge in [0.05, 0.1) is 12.0 Å². The Balaban J connectivity index is 1.42. The van der Waals surface area contributed by atoms with Crippen molar-refractivity contribution in [2.45, 2.75) is 103 Å². The molecule has 1 unspecified atom stereocenters. The van der Waals surface area contributed by atoms with Crippen LogP contribution >= 0.6 is 0 Å². The standard InChI is InChI=1S/C40H63N5O2/c1-4-6-7-8-9-10-11-12-13-14-27-43(3)40(5-2,39(47)36-19-21-37(22-20-36)44-28-23-41-24-29-44)33-35-17-15-34(16-18-35)32-38(46)45-30-25-42-26-31-45/h15-22,41-42H,4-14,23-33H2,1-3H3. The number of carbonyl (C=O) groups is 2. The normalized spacial score (nSPS) is 16.8. The zero-order valence-electron chi connectivity index (χ0n) is 29.8. The fraction of sp³-hybridized carbons (Fsp3) is 0.650. The average molecular weight is 646 g/mol. The fourth-order valence-corrected chi connectivity index (χ4v) is 7.32. The quantitative estimate of drug-likeness (QED) is 0.127. The highest BCUT2D eigenvalue weighted by Gasteiger charge is 2.41. The van der Waals surface area contributed by atoms with E-state index in [1.807, 2.05) is 17.0 Å². The average Bonchev–Trinajstić information content (AvgIpc) is 3.12. The molecule has 1 amide bonds. The van der Waals surface area contributed by atoms with E-state index in [1.165, 1.54) is 63.5 Å². The first-order valence-corrected chi connectivity index (χ1v) is 18.8. The van der Waals surface area contributed by atoms with Crippen molar-refractivity contribution in [2.24, 2.45) is 0 Å². The largest absolute Gasteiger partial charge is 0.369 e. The van der Waals surface area contributed by atoms with Crippen LogP contribution in [0.25, 0.3) is 0 Å². The third-order valence-corrected chi connectivity index (χ3v) is 10.5. The summed E-state index contributed by atoms with van der Waals surface area (Å²) in [7, 11) is 2.16. The molecule has 0 bridgehead atoms. The number of hydrogen-bond donors (Lipinski definition) is 2. The van der Waals surface area contributed by atoms with Crippen LogP contribution in [0.4, 0.5) is 5.69 Å². The molecule has 0 aliphatic carbocycles. The zero-order valence-corrected chi connectivity index (χ0v) is 29.8. The molecule has 2 aliphatic rings. The number of unbranched alkanes of at least 4 members (excludes halogenated alkanes) is 9. The lowest BCUT2D eigenvalue weighted by Crippen LogP contribution is -2.54. The summed E-state index contributed by atoms with van der Waals surface area (Å²) in [4.78, 5) is 34.2. The van der Waals surface area contributed by atoms with E-state index in [9.17, 15) is 9.59 Å². The minimum absolute atomic E-state index is 0.192. The number of benzene rings is 2. The maximum Gasteiger partial charge on any atom is 0.227 e. The van der Waals surface area contributed by atoms with Crippen molar-refractivity contribution in [3.8, 4) is 0 Å².